The highest BCUT2D eigenvalue weighted by atomic mass is 14.2. The highest BCUT2D eigenvalue weighted by Crippen LogP contribution is 2.15. The van der Waals surface area contributed by atoms with Gasteiger partial charge in [-0.15, -0.1) is 6.58 Å². The zero-order valence-corrected chi connectivity index (χ0v) is 8.09. The summed E-state index contributed by atoms with van der Waals surface area (Å²) in [6.45, 7) is 7.75. The van der Waals surface area contributed by atoms with Gasteiger partial charge in [0.15, 0.2) is 0 Å². The van der Waals surface area contributed by atoms with Crippen molar-refractivity contribution < 1.29 is 0 Å². The Balaban J connectivity index is 3.26. The van der Waals surface area contributed by atoms with E-state index in [4.69, 9.17) is 5.26 Å². The summed E-state index contributed by atoms with van der Waals surface area (Å²) in [6, 6.07) is 6.20. The van der Waals surface area contributed by atoms with Crippen LogP contribution in [0.4, 0.5) is 0 Å². The average molecular weight is 171 g/mol. The van der Waals surface area contributed by atoms with E-state index in [-0.39, 0.29) is 0 Å². The third-order valence-electron chi connectivity index (χ3n) is 2.20. The van der Waals surface area contributed by atoms with Crippen LogP contribution in [0.25, 0.3) is 0 Å². The largest absolute Gasteiger partial charge is 0.192 e. The molecule has 1 nitrogen and oxygen atoms in total. The van der Waals surface area contributed by atoms with E-state index in [2.05, 4.69) is 25.6 Å². The van der Waals surface area contributed by atoms with Gasteiger partial charge in [0.25, 0.3) is 0 Å². The summed E-state index contributed by atoms with van der Waals surface area (Å²) in [5.41, 5.74) is 4.24. The molecule has 1 aromatic rings. The average Bonchev–Trinajstić information content (AvgIpc) is 2.11. The van der Waals surface area contributed by atoms with Crippen molar-refractivity contribution >= 4 is 0 Å². The number of benzene rings is 1. The van der Waals surface area contributed by atoms with Gasteiger partial charge in [-0.1, -0.05) is 12.1 Å². The molecule has 0 radical (unpaired) electrons. The van der Waals surface area contributed by atoms with Crippen LogP contribution < -0.4 is 0 Å². The molecular weight excluding hydrogens is 158 g/mol. The van der Waals surface area contributed by atoms with Crippen molar-refractivity contribution in [3.63, 3.8) is 0 Å². The van der Waals surface area contributed by atoms with Crippen molar-refractivity contribution in [3.05, 3.63) is 47.0 Å². The molecule has 0 atom stereocenters. The molecule has 0 saturated heterocycles. The van der Waals surface area contributed by atoms with Crippen LogP contribution in [-0.4, -0.2) is 0 Å². The molecule has 0 bridgehead atoms. The van der Waals surface area contributed by atoms with E-state index in [1.807, 2.05) is 19.1 Å². The second-order valence-electron chi connectivity index (χ2n) is 3.20. The number of nitrogens with zero attached hydrogens (tertiary/aromatic N) is 1. The lowest BCUT2D eigenvalue weighted by molar-refractivity contribution is 1.20. The fraction of sp³-hybridized carbons (Fsp3) is 0.250. The fourth-order valence-electron chi connectivity index (χ4n) is 1.30. The van der Waals surface area contributed by atoms with Gasteiger partial charge in [-0.25, -0.2) is 0 Å². The predicted molar refractivity (Wildman–Crippen MR) is 54.5 cm³/mol. The molecule has 0 aliphatic carbocycles. The number of aryl methyl sites for hydroxylation is 2. The zero-order valence-electron chi connectivity index (χ0n) is 8.09. The van der Waals surface area contributed by atoms with Crippen LogP contribution in [0.2, 0.25) is 0 Å². The Kier molecular flexibility index (Phi) is 2.87. The number of hydrogen-bond donors (Lipinski definition) is 0. The summed E-state index contributed by atoms with van der Waals surface area (Å²) in [4.78, 5) is 0. The molecule has 0 saturated carbocycles. The van der Waals surface area contributed by atoms with Gasteiger partial charge in [-0.2, -0.15) is 5.26 Å². The molecule has 0 fully saturated rings. The second kappa shape index (κ2) is 3.91. The molecule has 13 heavy (non-hydrogen) atoms. The normalized spacial score (nSPS) is 9.31. The first-order valence-electron chi connectivity index (χ1n) is 4.30. The molecule has 0 spiro atoms. The smallest absolute Gasteiger partial charge is 0.0994 e. The molecule has 0 unspecified atom stereocenters. The number of nitriles is 1. The highest BCUT2D eigenvalue weighted by molar-refractivity contribution is 5.44. The number of rotatable bonds is 2. The molecule has 66 valence electrons. The highest BCUT2D eigenvalue weighted by Gasteiger charge is 2.02. The summed E-state index contributed by atoms with van der Waals surface area (Å²) in [6.07, 6.45) is 2.59. The Morgan fingerprint density at radius 1 is 1.38 bits per heavy atom. The molecule has 0 N–H and O–H groups in total. The molecule has 0 aromatic heterocycles. The maximum atomic E-state index is 8.88. The lowest BCUT2D eigenvalue weighted by atomic mass is 9.99. The van der Waals surface area contributed by atoms with Gasteiger partial charge >= 0.3 is 0 Å². The number of hydrogen-bond acceptors (Lipinski definition) is 1. The van der Waals surface area contributed by atoms with Crippen molar-refractivity contribution in [2.24, 2.45) is 0 Å². The first kappa shape index (κ1) is 9.54. The summed E-state index contributed by atoms with van der Waals surface area (Å²) in [5.74, 6) is 0. The zero-order chi connectivity index (χ0) is 9.84. The van der Waals surface area contributed by atoms with E-state index in [0.29, 0.717) is 0 Å². The molecule has 1 heteroatoms. The van der Waals surface area contributed by atoms with Crippen LogP contribution >= 0.6 is 0 Å². The van der Waals surface area contributed by atoms with Crippen LogP contribution in [0.3, 0.4) is 0 Å². The maximum Gasteiger partial charge on any atom is 0.0994 e. The van der Waals surface area contributed by atoms with Gasteiger partial charge in [0.2, 0.25) is 0 Å². The van der Waals surface area contributed by atoms with E-state index in [1.165, 1.54) is 11.1 Å². The quantitative estimate of drug-likeness (QED) is 0.628. The van der Waals surface area contributed by atoms with E-state index in [0.717, 1.165) is 17.5 Å². The first-order valence-corrected chi connectivity index (χ1v) is 4.30. The van der Waals surface area contributed by atoms with E-state index < -0.39 is 0 Å². The summed E-state index contributed by atoms with van der Waals surface area (Å²) < 4.78 is 0. The van der Waals surface area contributed by atoms with Gasteiger partial charge < -0.3 is 0 Å². The Labute approximate surface area is 79.3 Å². The lowest BCUT2D eigenvalue weighted by Crippen LogP contribution is -1.92. The van der Waals surface area contributed by atoms with Gasteiger partial charge in [-0.05, 0) is 43.0 Å². The van der Waals surface area contributed by atoms with Crippen molar-refractivity contribution in [1.82, 2.24) is 0 Å². The van der Waals surface area contributed by atoms with Gasteiger partial charge in [0.05, 0.1) is 11.6 Å². The number of allylic oxidation sites excluding steroid dienone is 1. The Bertz CT molecular complexity index is 369. The molecule has 0 aliphatic rings. The Morgan fingerprint density at radius 2 is 2.00 bits per heavy atom. The van der Waals surface area contributed by atoms with Gasteiger partial charge in [-0.3, -0.25) is 0 Å². The molecule has 0 aliphatic heterocycles. The minimum absolute atomic E-state index is 0.767. The van der Waals surface area contributed by atoms with Gasteiger partial charge in [0.1, 0.15) is 0 Å². The van der Waals surface area contributed by atoms with Crippen LogP contribution in [0, 0.1) is 25.2 Å². The molecule has 0 amide bonds. The SMILES string of the molecule is C=CCc1cc(C)c(C)cc1C#N. The third kappa shape index (κ3) is 1.97. The van der Waals surface area contributed by atoms with Crippen molar-refractivity contribution in [2.45, 2.75) is 20.3 Å². The summed E-state index contributed by atoms with van der Waals surface area (Å²) >= 11 is 0. The molecule has 1 aromatic carbocycles. The van der Waals surface area contributed by atoms with Crippen LogP contribution in [-0.2, 0) is 6.42 Å². The maximum absolute atomic E-state index is 8.88. The topological polar surface area (TPSA) is 23.8 Å². The standard InChI is InChI=1S/C12H13N/c1-4-5-11-6-9(2)10(3)7-12(11)8-13/h4,6-7H,1,5H2,2-3H3. The first-order chi connectivity index (χ1) is 6.19. The summed E-state index contributed by atoms with van der Waals surface area (Å²) in [5, 5.41) is 8.88. The van der Waals surface area contributed by atoms with Crippen molar-refractivity contribution in [1.29, 1.82) is 5.26 Å². The Hall–Kier alpha value is -1.55. The van der Waals surface area contributed by atoms with E-state index in [9.17, 15) is 0 Å². The monoisotopic (exact) mass is 171 g/mol. The molecule has 1 rings (SSSR count). The van der Waals surface area contributed by atoms with Crippen LogP contribution in [0.5, 0.6) is 0 Å². The van der Waals surface area contributed by atoms with E-state index >= 15 is 0 Å². The van der Waals surface area contributed by atoms with Crippen molar-refractivity contribution in [2.75, 3.05) is 0 Å². The summed E-state index contributed by atoms with van der Waals surface area (Å²) in [7, 11) is 0. The van der Waals surface area contributed by atoms with Crippen molar-refractivity contribution in [3.8, 4) is 6.07 Å². The molecular formula is C12H13N. The predicted octanol–water partition coefficient (Wildman–Crippen LogP) is 2.90. The minimum Gasteiger partial charge on any atom is -0.192 e. The third-order valence-corrected chi connectivity index (χ3v) is 2.20. The second-order valence-corrected chi connectivity index (χ2v) is 3.20. The minimum atomic E-state index is 0.767. The molecule has 0 heterocycles. The van der Waals surface area contributed by atoms with Crippen LogP contribution in [0.1, 0.15) is 22.3 Å². The Morgan fingerprint density at radius 3 is 2.54 bits per heavy atom. The lowest BCUT2D eigenvalue weighted by Gasteiger charge is -2.05. The van der Waals surface area contributed by atoms with Crippen LogP contribution in [0.15, 0.2) is 24.8 Å². The van der Waals surface area contributed by atoms with E-state index in [1.54, 1.807) is 0 Å². The fourth-order valence-corrected chi connectivity index (χ4v) is 1.30. The van der Waals surface area contributed by atoms with Gasteiger partial charge in [0, 0.05) is 0 Å².